The van der Waals surface area contributed by atoms with Crippen LogP contribution in [0.15, 0.2) is 48.6 Å². The van der Waals surface area contributed by atoms with Crippen molar-refractivity contribution >= 4 is 30.1 Å². The van der Waals surface area contributed by atoms with Gasteiger partial charge in [0.25, 0.3) is 0 Å². The van der Waals surface area contributed by atoms with E-state index in [0.717, 1.165) is 6.08 Å². The summed E-state index contributed by atoms with van der Waals surface area (Å²) in [5.41, 5.74) is -0.712. The Hall–Kier alpha value is -4.51. The van der Waals surface area contributed by atoms with Crippen LogP contribution in [0.1, 0.15) is 24.0 Å². The fourth-order valence-electron chi connectivity index (χ4n) is 4.57. The minimum atomic E-state index is -1.87. The van der Waals surface area contributed by atoms with Crippen LogP contribution in [0.3, 0.4) is 0 Å². The Morgan fingerprint density at radius 2 is 1.51 bits per heavy atom. The summed E-state index contributed by atoms with van der Waals surface area (Å²) in [6, 6.07) is 9.08. The first kappa shape index (κ1) is 27.5. The quantitative estimate of drug-likeness (QED) is 0.244. The molecule has 2 bridgehead atoms. The first-order valence-electron chi connectivity index (χ1n) is 12.0. The van der Waals surface area contributed by atoms with Gasteiger partial charge in [0, 0.05) is 24.5 Å². The van der Waals surface area contributed by atoms with E-state index in [1.54, 1.807) is 18.2 Å². The summed E-state index contributed by atoms with van der Waals surface area (Å²) in [5.74, 6) is -2.43. The molecule has 1 saturated carbocycles. The van der Waals surface area contributed by atoms with Crippen LogP contribution in [0.25, 0.3) is 12.2 Å². The van der Waals surface area contributed by atoms with Crippen molar-refractivity contribution in [3.8, 4) is 23.0 Å². The number of aromatic hydroxyl groups is 2. The van der Waals surface area contributed by atoms with Gasteiger partial charge in [-0.3, -0.25) is 0 Å². The predicted octanol–water partition coefficient (Wildman–Crippen LogP) is 2.36. The van der Waals surface area contributed by atoms with E-state index in [-0.39, 0.29) is 42.4 Å². The summed E-state index contributed by atoms with van der Waals surface area (Å²) < 4.78 is 26.2. The molecule has 11 nitrogen and oxygen atoms in total. The van der Waals surface area contributed by atoms with Crippen LogP contribution in [-0.2, 0) is 28.6 Å². The van der Waals surface area contributed by atoms with Crippen LogP contribution in [0.2, 0.25) is 0 Å². The number of carbonyl (C=O) groups excluding carboxylic acids is 3. The maximum Gasteiger partial charge on any atom is 0.338 e. The highest BCUT2D eigenvalue weighted by Crippen LogP contribution is 2.42. The Kier molecular flexibility index (Phi) is 8.10. The minimum Gasteiger partial charge on any atom is -0.504 e. The molecule has 0 spiro atoms. The fourth-order valence-corrected chi connectivity index (χ4v) is 4.57. The van der Waals surface area contributed by atoms with E-state index in [1.165, 1.54) is 50.6 Å². The second-order valence-electron chi connectivity index (χ2n) is 9.20. The summed E-state index contributed by atoms with van der Waals surface area (Å²) in [6.45, 7) is -0.181. The number of esters is 3. The highest BCUT2D eigenvalue weighted by Gasteiger charge is 2.59. The highest BCUT2D eigenvalue weighted by atomic mass is 16.6. The summed E-state index contributed by atoms with van der Waals surface area (Å²) in [4.78, 5) is 37.0. The van der Waals surface area contributed by atoms with Crippen molar-refractivity contribution in [2.75, 3.05) is 20.8 Å². The first-order valence-corrected chi connectivity index (χ1v) is 12.0. The number of aliphatic hydroxyl groups is 1. The molecule has 2 aliphatic heterocycles. The third-order valence-corrected chi connectivity index (χ3v) is 6.53. The van der Waals surface area contributed by atoms with Gasteiger partial charge in [-0.2, -0.15) is 0 Å². The lowest BCUT2D eigenvalue weighted by molar-refractivity contribution is -0.237. The van der Waals surface area contributed by atoms with Crippen LogP contribution >= 0.6 is 0 Å². The van der Waals surface area contributed by atoms with E-state index >= 15 is 0 Å². The molecule has 1 aliphatic carbocycles. The third-order valence-electron chi connectivity index (χ3n) is 6.53. The number of ether oxygens (including phenoxy) is 5. The number of fused-ring (bicyclic) bond motifs is 3. The van der Waals surface area contributed by atoms with Crippen molar-refractivity contribution in [3.63, 3.8) is 0 Å². The van der Waals surface area contributed by atoms with E-state index in [1.807, 2.05) is 0 Å². The van der Waals surface area contributed by atoms with Gasteiger partial charge in [-0.15, -0.1) is 0 Å². The molecular weight excluding hydrogens is 512 g/mol. The number of phenols is 2. The van der Waals surface area contributed by atoms with Gasteiger partial charge in [-0.05, 0) is 54.0 Å². The van der Waals surface area contributed by atoms with Gasteiger partial charge in [0.2, 0.25) is 0 Å². The van der Waals surface area contributed by atoms with Crippen LogP contribution in [-0.4, -0.2) is 71.9 Å². The largest absolute Gasteiger partial charge is 0.504 e. The Morgan fingerprint density at radius 1 is 0.949 bits per heavy atom. The molecule has 39 heavy (non-hydrogen) atoms. The number of phenolic OH excluding ortho intramolecular Hbond substituents is 2. The third kappa shape index (κ3) is 6.32. The van der Waals surface area contributed by atoms with E-state index in [4.69, 9.17) is 23.7 Å². The molecule has 2 saturated heterocycles. The lowest BCUT2D eigenvalue weighted by atomic mass is 9.72. The first-order chi connectivity index (χ1) is 18.6. The van der Waals surface area contributed by atoms with Gasteiger partial charge in [-0.25, -0.2) is 14.4 Å². The number of carbonyl (C=O) groups is 3. The summed E-state index contributed by atoms with van der Waals surface area (Å²) >= 11 is 0. The smallest absolute Gasteiger partial charge is 0.338 e. The fraction of sp³-hybridized carbons (Fsp3) is 0.321. The molecule has 3 N–H and O–H groups in total. The molecule has 2 unspecified atom stereocenters. The Labute approximate surface area is 223 Å². The predicted molar refractivity (Wildman–Crippen MR) is 136 cm³/mol. The standard InChI is InChI=1S/C28H28O11/c1-35-21-11-16(3-7-19(21)29)5-9-24(31)37-15-18-13-28(34)14-23(26(18)39-27(28)33)38-25(32)10-6-17-4-8-20(30)22(12-17)36-2/h3-12,18,23,26,29-30,34H,13-15H2,1-2H3/b9-5+,10-6+/t18?,23?,26-,28+/m0/s1. The molecule has 3 aliphatic rings. The van der Waals surface area contributed by atoms with Gasteiger partial charge < -0.3 is 39.0 Å². The summed E-state index contributed by atoms with van der Waals surface area (Å²) in [7, 11) is 2.81. The van der Waals surface area contributed by atoms with E-state index in [9.17, 15) is 29.7 Å². The summed E-state index contributed by atoms with van der Waals surface area (Å²) in [6.07, 6.45) is 3.28. The van der Waals surface area contributed by atoms with E-state index in [0.29, 0.717) is 11.1 Å². The van der Waals surface area contributed by atoms with Crippen molar-refractivity contribution < 1.29 is 53.4 Å². The lowest BCUT2D eigenvalue weighted by Gasteiger charge is -2.48. The molecule has 2 aromatic rings. The normalized spacial score (nSPS) is 24.0. The number of benzene rings is 2. The second kappa shape index (κ2) is 11.5. The molecule has 5 rings (SSSR count). The van der Waals surface area contributed by atoms with E-state index < -0.39 is 41.6 Å². The van der Waals surface area contributed by atoms with Crippen LogP contribution in [0, 0.1) is 5.92 Å². The molecule has 4 atom stereocenters. The number of rotatable bonds is 9. The van der Waals surface area contributed by atoms with Crippen molar-refractivity contribution in [1.82, 2.24) is 0 Å². The highest BCUT2D eigenvalue weighted by molar-refractivity contribution is 5.88. The maximum absolute atomic E-state index is 12.5. The van der Waals surface area contributed by atoms with Crippen molar-refractivity contribution in [2.24, 2.45) is 5.92 Å². The SMILES string of the molecule is COc1cc(/C=C/C(=O)OCC2C[C@@]3(O)CC(OC(=O)/C=C/c4ccc(O)c(OC)c4)[C@H]2OC3=O)ccc1O. The van der Waals surface area contributed by atoms with E-state index in [2.05, 4.69) is 0 Å². The summed E-state index contributed by atoms with van der Waals surface area (Å²) in [5, 5.41) is 30.2. The number of hydrogen-bond donors (Lipinski definition) is 3. The number of hydrogen-bond acceptors (Lipinski definition) is 11. The average molecular weight is 541 g/mol. The zero-order valence-electron chi connectivity index (χ0n) is 21.2. The van der Waals surface area contributed by atoms with Gasteiger partial charge >= 0.3 is 17.9 Å². The molecule has 3 fully saturated rings. The minimum absolute atomic E-state index is 0.0140. The van der Waals surface area contributed by atoms with Gasteiger partial charge in [0.1, 0.15) is 12.2 Å². The van der Waals surface area contributed by atoms with Gasteiger partial charge in [0.15, 0.2) is 28.6 Å². The monoisotopic (exact) mass is 540 g/mol. The van der Waals surface area contributed by atoms with Crippen molar-refractivity contribution in [2.45, 2.75) is 30.7 Å². The van der Waals surface area contributed by atoms with Gasteiger partial charge in [-0.1, -0.05) is 12.1 Å². The molecule has 2 aromatic carbocycles. The topological polar surface area (TPSA) is 158 Å². The van der Waals surface area contributed by atoms with Crippen LogP contribution in [0.5, 0.6) is 23.0 Å². The maximum atomic E-state index is 12.5. The zero-order valence-corrected chi connectivity index (χ0v) is 21.2. The lowest BCUT2D eigenvalue weighted by Crippen LogP contribution is -2.64. The Morgan fingerprint density at radius 3 is 2.05 bits per heavy atom. The zero-order chi connectivity index (χ0) is 28.2. The molecule has 206 valence electrons. The van der Waals surface area contributed by atoms with Crippen molar-refractivity contribution in [3.05, 3.63) is 59.7 Å². The molecule has 0 amide bonds. The van der Waals surface area contributed by atoms with Crippen molar-refractivity contribution in [1.29, 1.82) is 0 Å². The van der Waals surface area contributed by atoms with Crippen LogP contribution < -0.4 is 9.47 Å². The molecular formula is C28H28O11. The van der Waals surface area contributed by atoms with Crippen LogP contribution in [0.4, 0.5) is 0 Å². The number of methoxy groups -OCH3 is 2. The Balaban J connectivity index is 1.37. The molecule has 0 aromatic heterocycles. The molecule has 2 heterocycles. The molecule has 0 radical (unpaired) electrons. The van der Waals surface area contributed by atoms with Gasteiger partial charge in [0.05, 0.1) is 20.8 Å². The molecule has 11 heteroatoms. The Bertz CT molecular complexity index is 1310. The average Bonchev–Trinajstić information content (AvgIpc) is 2.91. The second-order valence-corrected chi connectivity index (χ2v) is 9.20.